The van der Waals surface area contributed by atoms with Gasteiger partial charge in [-0.05, 0) is 66.4 Å². The lowest BCUT2D eigenvalue weighted by Crippen LogP contribution is -2.45. The van der Waals surface area contributed by atoms with Gasteiger partial charge in [0.1, 0.15) is 5.75 Å². The van der Waals surface area contributed by atoms with Crippen molar-refractivity contribution in [1.29, 1.82) is 0 Å². The minimum Gasteiger partial charge on any atom is -0.493 e. The number of halogens is 3. The summed E-state index contributed by atoms with van der Waals surface area (Å²) in [6.07, 6.45) is -2.04. The van der Waals surface area contributed by atoms with Crippen LogP contribution in [0.3, 0.4) is 0 Å². The Morgan fingerprint density at radius 1 is 1.18 bits per heavy atom. The monoisotopic (exact) mass is 575 g/mol. The fourth-order valence-corrected chi connectivity index (χ4v) is 5.37. The van der Waals surface area contributed by atoms with Crippen LogP contribution in [0.1, 0.15) is 50.3 Å². The van der Waals surface area contributed by atoms with Gasteiger partial charge in [-0.25, -0.2) is 4.79 Å². The topological polar surface area (TPSA) is 79.9 Å². The molecule has 2 N–H and O–H groups in total. The number of nitrogens with zero attached hydrogens (tertiary/aromatic N) is 1. The average Bonchev–Trinajstić information content (AvgIpc) is 3.04. The number of rotatable bonds is 6. The number of amides is 3. The number of benzene rings is 2. The van der Waals surface area contributed by atoms with Crippen molar-refractivity contribution in [3.8, 4) is 5.75 Å². The zero-order valence-electron chi connectivity index (χ0n) is 23.5. The zero-order valence-corrected chi connectivity index (χ0v) is 24.5. The van der Waals surface area contributed by atoms with Crippen LogP contribution in [0.2, 0.25) is 18.1 Å². The van der Waals surface area contributed by atoms with Crippen molar-refractivity contribution in [3.05, 3.63) is 59.2 Å². The van der Waals surface area contributed by atoms with Gasteiger partial charge in [0.15, 0.2) is 8.32 Å². The van der Waals surface area contributed by atoms with Crippen LogP contribution < -0.4 is 15.4 Å². The van der Waals surface area contributed by atoms with Crippen molar-refractivity contribution >= 4 is 37.2 Å². The van der Waals surface area contributed by atoms with Gasteiger partial charge in [0.2, 0.25) is 5.91 Å². The van der Waals surface area contributed by atoms with E-state index in [2.05, 4.69) is 44.5 Å². The predicted molar refractivity (Wildman–Crippen MR) is 152 cm³/mol. The van der Waals surface area contributed by atoms with Crippen LogP contribution in [-0.2, 0) is 21.9 Å². The van der Waals surface area contributed by atoms with Gasteiger partial charge in [-0.2, -0.15) is 13.2 Å². The lowest BCUT2D eigenvalue weighted by molar-refractivity contribution is -0.137. The van der Waals surface area contributed by atoms with Crippen molar-refractivity contribution in [3.63, 3.8) is 0 Å². The quantitative estimate of drug-likeness (QED) is 0.281. The van der Waals surface area contributed by atoms with Crippen LogP contribution in [0.4, 0.5) is 29.3 Å². The summed E-state index contributed by atoms with van der Waals surface area (Å²) in [5.41, 5.74) is 2.29. The lowest BCUT2D eigenvalue weighted by Gasteiger charge is -2.37. The van der Waals surface area contributed by atoms with Gasteiger partial charge in [-0.3, -0.25) is 4.79 Å². The number of hydrogen-bond donors (Lipinski definition) is 2. The summed E-state index contributed by atoms with van der Waals surface area (Å²) in [7, 11) is -1.91. The molecule has 0 saturated carbocycles. The van der Waals surface area contributed by atoms with Crippen molar-refractivity contribution in [2.75, 3.05) is 30.4 Å². The first-order valence-electron chi connectivity index (χ1n) is 13.3. The molecule has 0 spiro atoms. The highest BCUT2D eigenvalue weighted by molar-refractivity contribution is 6.74. The van der Waals surface area contributed by atoms with Crippen LogP contribution in [0.15, 0.2) is 42.5 Å². The number of fused-ring (bicyclic) bond motifs is 2. The Morgan fingerprint density at radius 2 is 1.93 bits per heavy atom. The number of alkyl halides is 3. The normalized spacial score (nSPS) is 16.9. The number of urea groups is 1. The molecule has 0 aromatic heterocycles. The van der Waals surface area contributed by atoms with Crippen LogP contribution >= 0.6 is 0 Å². The lowest BCUT2D eigenvalue weighted by atomic mass is 9.99. The maximum absolute atomic E-state index is 13.1. The van der Waals surface area contributed by atoms with E-state index in [-0.39, 0.29) is 23.4 Å². The van der Waals surface area contributed by atoms with E-state index in [0.717, 1.165) is 17.7 Å². The van der Waals surface area contributed by atoms with Gasteiger partial charge in [0.25, 0.3) is 0 Å². The molecular formula is C29H36F3N3O4Si. The van der Waals surface area contributed by atoms with Crippen molar-refractivity contribution < 1.29 is 31.9 Å². The van der Waals surface area contributed by atoms with Crippen molar-refractivity contribution in [2.45, 2.75) is 64.5 Å². The molecule has 0 bridgehead atoms. The van der Waals surface area contributed by atoms with Gasteiger partial charge in [-0.1, -0.05) is 32.9 Å². The van der Waals surface area contributed by atoms with E-state index in [1.54, 1.807) is 17.0 Å². The van der Waals surface area contributed by atoms with Gasteiger partial charge < -0.3 is 24.7 Å². The fraction of sp³-hybridized carbons (Fsp3) is 0.448. The second-order valence-electron chi connectivity index (χ2n) is 11.7. The summed E-state index contributed by atoms with van der Waals surface area (Å²) in [6.45, 7) is 12.5. The molecule has 0 saturated heterocycles. The molecule has 3 amide bonds. The first-order chi connectivity index (χ1) is 18.6. The van der Waals surface area contributed by atoms with Crippen LogP contribution in [0, 0.1) is 0 Å². The molecule has 0 aliphatic carbocycles. The number of carbonyl (C=O) groups excluding carboxylic acids is 2. The minimum atomic E-state index is -4.48. The van der Waals surface area contributed by atoms with Crippen LogP contribution in [-0.4, -0.2) is 44.9 Å². The Morgan fingerprint density at radius 3 is 2.62 bits per heavy atom. The first kappa shape index (κ1) is 29.7. The minimum absolute atomic E-state index is 0.0878. The predicted octanol–water partition coefficient (Wildman–Crippen LogP) is 7.27. The van der Waals surface area contributed by atoms with E-state index < -0.39 is 26.0 Å². The highest BCUT2D eigenvalue weighted by atomic mass is 28.4. The largest absolute Gasteiger partial charge is 0.493 e. The molecule has 2 aromatic rings. The summed E-state index contributed by atoms with van der Waals surface area (Å²) >= 11 is 0. The Kier molecular flexibility index (Phi) is 8.37. The Labute approximate surface area is 233 Å². The fourth-order valence-electron chi connectivity index (χ4n) is 4.34. The maximum Gasteiger partial charge on any atom is 0.416 e. The number of carbonyl (C=O) groups is 2. The summed E-state index contributed by atoms with van der Waals surface area (Å²) in [6, 6.07) is 8.40. The molecule has 2 heterocycles. The Hall–Kier alpha value is -3.31. The van der Waals surface area contributed by atoms with Crippen LogP contribution in [0.5, 0.6) is 5.75 Å². The molecule has 216 valence electrons. The molecule has 2 aliphatic heterocycles. The average molecular weight is 576 g/mol. The number of allylic oxidation sites excluding steroid dienone is 1. The zero-order chi connectivity index (χ0) is 29.3. The number of nitrogens with one attached hydrogen (secondary N) is 2. The third kappa shape index (κ3) is 6.87. The van der Waals surface area contributed by atoms with Gasteiger partial charge >= 0.3 is 12.2 Å². The molecule has 0 radical (unpaired) electrons. The van der Waals surface area contributed by atoms with Crippen molar-refractivity contribution in [1.82, 2.24) is 4.90 Å². The van der Waals surface area contributed by atoms with Crippen molar-refractivity contribution in [2.24, 2.45) is 0 Å². The molecular weight excluding hydrogens is 539 g/mol. The van der Waals surface area contributed by atoms with E-state index in [1.165, 1.54) is 12.1 Å². The molecule has 0 atom stereocenters. The standard InChI is InChI=1S/C29H36F3N3O4Si/c1-28(2,3)40(4,5)39-14-12-35-18-20-8-10-22(17-24(20)34-27(35)37)33-26(36)15-19-7-6-13-38-25-16-21(29(30,31)32)9-11-23(19)25/h8-11,15-17H,6-7,12-14,18H2,1-5H3,(H,33,36)(H,34,37). The van der Waals surface area contributed by atoms with Crippen LogP contribution in [0.25, 0.3) is 5.57 Å². The van der Waals surface area contributed by atoms with Gasteiger partial charge in [0, 0.05) is 36.1 Å². The maximum atomic E-state index is 13.1. The second kappa shape index (κ2) is 11.3. The SMILES string of the molecule is CC(C)(C)[Si](C)(C)OCCN1Cc2ccc(NC(=O)C=C3CCCOc4cc(C(F)(F)F)ccc43)cc2NC1=O. The molecule has 0 fully saturated rings. The van der Waals surface area contributed by atoms with E-state index in [4.69, 9.17) is 9.16 Å². The molecule has 40 heavy (non-hydrogen) atoms. The molecule has 7 nitrogen and oxygen atoms in total. The summed E-state index contributed by atoms with van der Waals surface area (Å²) in [5, 5.41) is 5.78. The molecule has 2 aromatic carbocycles. The summed E-state index contributed by atoms with van der Waals surface area (Å²) < 4.78 is 51.2. The second-order valence-corrected chi connectivity index (χ2v) is 16.5. The Bertz CT molecular complexity index is 1320. The number of anilines is 2. The van der Waals surface area contributed by atoms with E-state index in [9.17, 15) is 22.8 Å². The Balaban J connectivity index is 1.42. The smallest absolute Gasteiger partial charge is 0.416 e. The van der Waals surface area contributed by atoms with E-state index in [1.807, 2.05) is 6.07 Å². The number of ether oxygens (including phenoxy) is 1. The summed E-state index contributed by atoms with van der Waals surface area (Å²) in [4.78, 5) is 27.3. The number of hydrogen-bond acceptors (Lipinski definition) is 4. The first-order valence-corrected chi connectivity index (χ1v) is 16.2. The van der Waals surface area contributed by atoms with Gasteiger partial charge in [0.05, 0.1) is 18.8 Å². The highest BCUT2D eigenvalue weighted by Crippen LogP contribution is 2.39. The van der Waals surface area contributed by atoms with E-state index >= 15 is 0 Å². The van der Waals surface area contributed by atoms with Gasteiger partial charge in [-0.15, -0.1) is 0 Å². The third-order valence-corrected chi connectivity index (χ3v) is 12.2. The molecule has 2 aliphatic rings. The van der Waals surface area contributed by atoms with E-state index in [0.29, 0.717) is 55.0 Å². The molecule has 4 rings (SSSR count). The molecule has 11 heteroatoms. The third-order valence-electron chi connectivity index (χ3n) is 7.71. The highest BCUT2D eigenvalue weighted by Gasteiger charge is 2.37. The molecule has 0 unspecified atom stereocenters. The summed E-state index contributed by atoms with van der Waals surface area (Å²) in [5.74, 6) is -0.309.